The molecule has 1 aromatic carbocycles. The Labute approximate surface area is 213 Å². The number of phenolic OH excluding ortho intramolecular Hbond substituents is 1. The third-order valence-corrected chi connectivity index (χ3v) is 7.32. The molecular formula is C27H36ClN5O2. The van der Waals surface area contributed by atoms with Crippen molar-refractivity contribution in [2.45, 2.75) is 38.1 Å². The van der Waals surface area contributed by atoms with Crippen LogP contribution in [0.5, 0.6) is 5.75 Å². The van der Waals surface area contributed by atoms with E-state index in [4.69, 9.17) is 21.3 Å². The van der Waals surface area contributed by atoms with E-state index >= 15 is 0 Å². The van der Waals surface area contributed by atoms with Gasteiger partial charge in [0.25, 0.3) is 0 Å². The van der Waals surface area contributed by atoms with Crippen molar-refractivity contribution in [3.05, 3.63) is 53.4 Å². The zero-order chi connectivity index (χ0) is 25.0. The van der Waals surface area contributed by atoms with Crippen LogP contribution < -0.4 is 0 Å². The number of aromatic nitrogens is 3. The number of likely N-dealkylation sites (tertiary alicyclic amines) is 1. The van der Waals surface area contributed by atoms with E-state index in [1.807, 2.05) is 18.3 Å². The fourth-order valence-corrected chi connectivity index (χ4v) is 5.00. The van der Waals surface area contributed by atoms with Crippen molar-refractivity contribution in [3.63, 3.8) is 0 Å². The smallest absolute Gasteiger partial charge is 0.137 e. The molecule has 1 fully saturated rings. The third-order valence-electron chi connectivity index (χ3n) is 7.00. The van der Waals surface area contributed by atoms with Gasteiger partial charge >= 0.3 is 0 Å². The van der Waals surface area contributed by atoms with Gasteiger partial charge in [-0.1, -0.05) is 31.5 Å². The van der Waals surface area contributed by atoms with Gasteiger partial charge in [-0.3, -0.25) is 4.98 Å². The van der Waals surface area contributed by atoms with Crippen LogP contribution in [0.25, 0.3) is 22.6 Å². The highest BCUT2D eigenvalue weighted by atomic mass is 35.5. The third kappa shape index (κ3) is 6.22. The van der Waals surface area contributed by atoms with Gasteiger partial charge < -0.3 is 24.6 Å². The Morgan fingerprint density at radius 3 is 2.66 bits per heavy atom. The highest BCUT2D eigenvalue weighted by molar-refractivity contribution is 6.32. The van der Waals surface area contributed by atoms with Gasteiger partial charge in [0.05, 0.1) is 23.5 Å². The van der Waals surface area contributed by atoms with Crippen LogP contribution in [0.1, 0.15) is 32.4 Å². The molecule has 188 valence electrons. The molecule has 0 saturated carbocycles. The summed E-state index contributed by atoms with van der Waals surface area (Å²) < 4.78 is 5.23. The van der Waals surface area contributed by atoms with E-state index in [9.17, 15) is 5.11 Å². The summed E-state index contributed by atoms with van der Waals surface area (Å²) in [5.41, 5.74) is 3.56. The zero-order valence-corrected chi connectivity index (χ0v) is 21.8. The predicted octanol–water partition coefficient (Wildman–Crippen LogP) is 4.82. The molecular weight excluding hydrogens is 462 g/mol. The molecule has 2 aromatic heterocycles. The number of halogens is 1. The number of aromatic hydroxyl groups is 1. The number of nitrogens with zero attached hydrogens (tertiary/aromatic N) is 4. The lowest BCUT2D eigenvalue weighted by Crippen LogP contribution is -2.47. The van der Waals surface area contributed by atoms with Gasteiger partial charge in [-0.25, -0.2) is 4.98 Å². The molecule has 35 heavy (non-hydrogen) atoms. The molecule has 3 heterocycles. The van der Waals surface area contributed by atoms with Crippen LogP contribution in [-0.2, 0) is 10.2 Å². The number of pyridine rings is 1. The monoisotopic (exact) mass is 497 g/mol. The number of ether oxygens (including phenoxy) is 1. The summed E-state index contributed by atoms with van der Waals surface area (Å²) in [5, 5.41) is 10.3. The average Bonchev–Trinajstić information content (AvgIpc) is 3.35. The number of hydrogen-bond acceptors (Lipinski definition) is 6. The molecule has 1 aliphatic rings. The van der Waals surface area contributed by atoms with Gasteiger partial charge in [-0.15, -0.1) is 0 Å². The number of rotatable bonds is 9. The molecule has 1 saturated heterocycles. The topological polar surface area (TPSA) is 77.5 Å². The first kappa shape index (κ1) is 25.6. The largest absolute Gasteiger partial charge is 0.506 e. The molecule has 0 radical (unpaired) electrons. The van der Waals surface area contributed by atoms with Crippen molar-refractivity contribution >= 4 is 11.6 Å². The minimum absolute atomic E-state index is 0.0537. The number of likely N-dealkylation sites (N-methyl/N-ethyl adjacent to an activating group) is 1. The van der Waals surface area contributed by atoms with Gasteiger partial charge in [0.2, 0.25) is 0 Å². The average molecular weight is 498 g/mol. The van der Waals surface area contributed by atoms with Crippen LogP contribution >= 0.6 is 11.6 Å². The minimum Gasteiger partial charge on any atom is -0.506 e. The summed E-state index contributed by atoms with van der Waals surface area (Å²) in [6, 6.07) is 9.86. The van der Waals surface area contributed by atoms with E-state index in [1.54, 1.807) is 25.4 Å². The van der Waals surface area contributed by atoms with Gasteiger partial charge in [0.1, 0.15) is 11.6 Å². The Bertz CT molecular complexity index is 1120. The standard InChI is InChI=1S/C27H36ClN5O2/c1-27(2,18-32(3)21-8-11-33(12-9-21)13-14-35-4)25-16-20(7-10-29-25)26-30-17-23(31-26)19-5-6-22(28)24(34)15-19/h5-7,10,15-17,21,34H,8-9,11-14,18H2,1-4H3,(H,30,31). The van der Waals surface area contributed by atoms with Gasteiger partial charge in [-0.2, -0.15) is 0 Å². The maximum absolute atomic E-state index is 9.94. The van der Waals surface area contributed by atoms with Crippen LogP contribution in [0.4, 0.5) is 0 Å². The van der Waals surface area contributed by atoms with Gasteiger partial charge in [0, 0.05) is 54.7 Å². The first-order valence-electron chi connectivity index (χ1n) is 12.2. The normalized spacial score (nSPS) is 15.7. The number of methoxy groups -OCH3 is 1. The van der Waals surface area contributed by atoms with E-state index in [-0.39, 0.29) is 11.2 Å². The molecule has 4 rings (SSSR count). The number of nitrogens with one attached hydrogen (secondary N) is 1. The number of phenols is 1. The van der Waals surface area contributed by atoms with Crippen molar-refractivity contribution in [1.82, 2.24) is 24.8 Å². The molecule has 3 aromatic rings. The SMILES string of the molecule is COCCN1CCC(N(C)CC(C)(C)c2cc(-c3ncc(-c4ccc(Cl)c(O)c4)[nH]3)ccn2)CC1. The maximum atomic E-state index is 9.94. The fourth-order valence-electron chi connectivity index (χ4n) is 4.88. The summed E-state index contributed by atoms with van der Waals surface area (Å²) >= 11 is 5.95. The summed E-state index contributed by atoms with van der Waals surface area (Å²) in [6.07, 6.45) is 5.99. The molecule has 0 spiro atoms. The second-order valence-corrected chi connectivity index (χ2v) is 10.5. The van der Waals surface area contributed by atoms with Gasteiger partial charge in [0.15, 0.2) is 0 Å². The first-order valence-corrected chi connectivity index (χ1v) is 12.6. The van der Waals surface area contributed by atoms with Crippen molar-refractivity contribution in [3.8, 4) is 28.4 Å². The summed E-state index contributed by atoms with van der Waals surface area (Å²) in [6.45, 7) is 9.51. The molecule has 0 bridgehead atoms. The highest BCUT2D eigenvalue weighted by Crippen LogP contribution is 2.31. The second kappa shape index (κ2) is 11.1. The van der Waals surface area contributed by atoms with Crippen LogP contribution in [0, 0.1) is 0 Å². The molecule has 0 unspecified atom stereocenters. The van der Waals surface area contributed by atoms with Gasteiger partial charge in [-0.05, 0) is 57.2 Å². The number of H-pyrrole nitrogens is 1. The first-order chi connectivity index (χ1) is 16.8. The maximum Gasteiger partial charge on any atom is 0.137 e. The van der Waals surface area contributed by atoms with Crippen molar-refractivity contribution in [1.29, 1.82) is 0 Å². The number of benzene rings is 1. The number of imidazole rings is 1. The Hall–Kier alpha value is -2.45. The molecule has 0 amide bonds. The van der Waals surface area contributed by atoms with Crippen molar-refractivity contribution in [2.24, 2.45) is 0 Å². The van der Waals surface area contributed by atoms with E-state index in [0.29, 0.717) is 11.1 Å². The highest BCUT2D eigenvalue weighted by Gasteiger charge is 2.29. The van der Waals surface area contributed by atoms with Crippen LogP contribution in [0.2, 0.25) is 5.02 Å². The Morgan fingerprint density at radius 1 is 1.17 bits per heavy atom. The predicted molar refractivity (Wildman–Crippen MR) is 141 cm³/mol. The van der Waals surface area contributed by atoms with Crippen molar-refractivity contribution < 1.29 is 9.84 Å². The van der Waals surface area contributed by atoms with E-state index < -0.39 is 0 Å². The lowest BCUT2D eigenvalue weighted by Gasteiger charge is -2.39. The molecule has 2 N–H and O–H groups in total. The Balaban J connectivity index is 1.43. The van der Waals surface area contributed by atoms with Crippen LogP contribution in [0.15, 0.2) is 42.7 Å². The quantitative estimate of drug-likeness (QED) is 0.441. The molecule has 0 aliphatic carbocycles. The van der Waals surface area contributed by atoms with Crippen LogP contribution in [-0.4, -0.2) is 82.8 Å². The lowest BCUT2D eigenvalue weighted by molar-refractivity contribution is 0.0895. The fraction of sp³-hybridized carbons (Fsp3) is 0.481. The molecule has 7 nitrogen and oxygen atoms in total. The lowest BCUT2D eigenvalue weighted by atomic mass is 9.86. The summed E-state index contributed by atoms with van der Waals surface area (Å²) in [7, 11) is 4.00. The van der Waals surface area contributed by atoms with E-state index in [1.165, 1.54) is 12.8 Å². The zero-order valence-electron chi connectivity index (χ0n) is 21.1. The Morgan fingerprint density at radius 2 is 1.94 bits per heavy atom. The summed E-state index contributed by atoms with van der Waals surface area (Å²) in [5.74, 6) is 0.823. The number of hydrogen-bond donors (Lipinski definition) is 2. The van der Waals surface area contributed by atoms with E-state index in [0.717, 1.165) is 61.1 Å². The second-order valence-electron chi connectivity index (χ2n) is 10.1. The number of piperidine rings is 1. The van der Waals surface area contributed by atoms with E-state index in [2.05, 4.69) is 46.7 Å². The molecule has 0 atom stereocenters. The van der Waals surface area contributed by atoms with Crippen LogP contribution in [0.3, 0.4) is 0 Å². The summed E-state index contributed by atoms with van der Waals surface area (Å²) in [4.78, 5) is 17.7. The number of aromatic amines is 1. The van der Waals surface area contributed by atoms with Crippen molar-refractivity contribution in [2.75, 3.05) is 46.9 Å². The Kier molecular flexibility index (Phi) is 8.12. The molecule has 8 heteroatoms. The molecule has 1 aliphatic heterocycles. The minimum atomic E-state index is -0.116.